The summed E-state index contributed by atoms with van der Waals surface area (Å²) in [4.78, 5) is 0.733. The number of hydrogen-bond acceptors (Lipinski definition) is 2. The number of aromatic nitrogens is 2. The first-order valence-electron chi connectivity index (χ1n) is 13.0. The van der Waals surface area contributed by atoms with E-state index >= 15 is 0 Å². The summed E-state index contributed by atoms with van der Waals surface area (Å²) in [5, 5.41) is 3.61. The van der Waals surface area contributed by atoms with Gasteiger partial charge in [-0.15, -0.1) is 0 Å². The van der Waals surface area contributed by atoms with Gasteiger partial charge in [-0.25, -0.2) is 0 Å². The summed E-state index contributed by atoms with van der Waals surface area (Å²) >= 11 is 9.81. The number of halogens is 1. The van der Waals surface area contributed by atoms with Gasteiger partial charge >= 0.3 is 0 Å². The lowest BCUT2D eigenvalue weighted by Crippen LogP contribution is -2.15. The van der Waals surface area contributed by atoms with Gasteiger partial charge in [0.05, 0.1) is 18.5 Å². The molecule has 3 aromatic carbocycles. The van der Waals surface area contributed by atoms with Crippen LogP contribution >= 0.6 is 28.1 Å². The standard InChI is InChI=1S/C32H30BrN3OS/c1-20-7-6-9-27(21(20)2)34-31(38)30-29(23-10-14-24(33)15-11-23)26-8-4-5-18-35-28(19-36(30)32(26)35)22-12-16-25(37-3)17-13-22/h6-7,9-17,19H,4-5,8,18H2,1-3H3,(H,34,38). The zero-order chi connectivity index (χ0) is 26.4. The number of nitrogens with zero attached hydrogens (tertiary/aromatic N) is 2. The van der Waals surface area contributed by atoms with Crippen LogP contribution in [-0.4, -0.2) is 21.1 Å². The van der Waals surface area contributed by atoms with E-state index in [1.165, 1.54) is 44.7 Å². The van der Waals surface area contributed by atoms with Crippen LogP contribution < -0.4 is 10.1 Å². The summed E-state index contributed by atoms with van der Waals surface area (Å²) in [5.41, 5.74) is 11.9. The maximum Gasteiger partial charge on any atom is 0.128 e. The van der Waals surface area contributed by atoms with Crippen molar-refractivity contribution < 1.29 is 4.74 Å². The number of anilines is 1. The third-order valence-corrected chi connectivity index (χ3v) is 8.54. The van der Waals surface area contributed by atoms with E-state index in [1.807, 2.05) is 12.1 Å². The van der Waals surface area contributed by atoms with E-state index in [9.17, 15) is 0 Å². The molecule has 0 fully saturated rings. The topological polar surface area (TPSA) is 30.6 Å². The highest BCUT2D eigenvalue weighted by molar-refractivity contribution is 9.10. The monoisotopic (exact) mass is 583 g/mol. The number of ether oxygens (including phenoxy) is 1. The van der Waals surface area contributed by atoms with Gasteiger partial charge < -0.3 is 14.6 Å². The molecule has 0 atom stereocenters. The molecule has 0 spiro atoms. The predicted molar refractivity (Wildman–Crippen MR) is 165 cm³/mol. The Bertz CT molecular complexity index is 1660. The number of imidazole rings is 1. The number of rotatable bonds is 5. The van der Waals surface area contributed by atoms with Crippen molar-refractivity contribution in [3.8, 4) is 28.1 Å². The Hall–Kier alpha value is -3.35. The fourth-order valence-electron chi connectivity index (χ4n) is 5.60. The summed E-state index contributed by atoms with van der Waals surface area (Å²) in [6, 6.07) is 23.3. The van der Waals surface area contributed by atoms with Crippen LogP contribution in [0.2, 0.25) is 0 Å². The average Bonchev–Trinajstić information content (AvgIpc) is 3.34. The Labute approximate surface area is 237 Å². The molecular formula is C32H30BrN3OS. The maximum absolute atomic E-state index is 6.20. The SMILES string of the molecule is COc1ccc(-c2cn3c(C(=S)Nc4cccc(C)c4C)c(-c4ccc(Br)cc4)c4c3n2CCCC4)cc1. The van der Waals surface area contributed by atoms with E-state index in [0.29, 0.717) is 0 Å². The van der Waals surface area contributed by atoms with Gasteiger partial charge in [-0.3, -0.25) is 4.40 Å². The number of aryl methyl sites for hydroxylation is 3. The Kier molecular flexibility index (Phi) is 6.62. The van der Waals surface area contributed by atoms with Gasteiger partial charge in [0.2, 0.25) is 0 Å². The zero-order valence-electron chi connectivity index (χ0n) is 21.8. The minimum Gasteiger partial charge on any atom is -0.497 e. The first-order valence-corrected chi connectivity index (χ1v) is 14.2. The highest BCUT2D eigenvalue weighted by atomic mass is 79.9. The summed E-state index contributed by atoms with van der Waals surface area (Å²) < 4.78 is 11.3. The van der Waals surface area contributed by atoms with E-state index in [0.717, 1.165) is 52.4 Å². The molecule has 0 aliphatic carbocycles. The van der Waals surface area contributed by atoms with Crippen LogP contribution in [0.15, 0.2) is 77.4 Å². The molecule has 0 unspecified atom stereocenters. The number of nitrogens with one attached hydrogen (secondary N) is 1. The van der Waals surface area contributed by atoms with E-state index in [1.54, 1.807) is 7.11 Å². The summed E-state index contributed by atoms with van der Waals surface area (Å²) in [6.07, 6.45) is 5.57. The van der Waals surface area contributed by atoms with Crippen LogP contribution in [0.5, 0.6) is 5.75 Å². The average molecular weight is 585 g/mol. The molecule has 0 bridgehead atoms. The van der Waals surface area contributed by atoms with Crippen molar-refractivity contribution in [3.05, 3.63) is 99.8 Å². The highest BCUT2D eigenvalue weighted by Gasteiger charge is 2.28. The van der Waals surface area contributed by atoms with E-state index < -0.39 is 0 Å². The Morgan fingerprint density at radius 3 is 2.42 bits per heavy atom. The summed E-state index contributed by atoms with van der Waals surface area (Å²) in [7, 11) is 1.70. The number of benzene rings is 3. The van der Waals surface area contributed by atoms with Crippen molar-refractivity contribution in [2.24, 2.45) is 0 Å². The summed E-state index contributed by atoms with van der Waals surface area (Å²) in [6.45, 7) is 5.26. The van der Waals surface area contributed by atoms with Gasteiger partial charge in [0.1, 0.15) is 16.4 Å². The zero-order valence-corrected chi connectivity index (χ0v) is 24.2. The molecule has 5 aromatic rings. The largest absolute Gasteiger partial charge is 0.497 e. The minimum absolute atomic E-state index is 0.733. The lowest BCUT2D eigenvalue weighted by Gasteiger charge is -2.15. The molecule has 1 aliphatic heterocycles. The van der Waals surface area contributed by atoms with Gasteiger partial charge in [-0.1, -0.05) is 52.4 Å². The molecule has 2 aromatic heterocycles. The smallest absolute Gasteiger partial charge is 0.128 e. The lowest BCUT2D eigenvalue weighted by atomic mass is 9.98. The van der Waals surface area contributed by atoms with Crippen molar-refractivity contribution in [1.82, 2.24) is 8.97 Å². The van der Waals surface area contributed by atoms with E-state index in [2.05, 4.69) is 105 Å². The van der Waals surface area contributed by atoms with Crippen LogP contribution in [0.25, 0.3) is 28.0 Å². The Morgan fingerprint density at radius 2 is 1.68 bits per heavy atom. The van der Waals surface area contributed by atoms with Crippen LogP contribution in [0, 0.1) is 13.8 Å². The Balaban J connectivity index is 1.59. The normalized spacial score (nSPS) is 12.9. The van der Waals surface area contributed by atoms with Gasteiger partial charge in [0.15, 0.2) is 0 Å². The first kappa shape index (κ1) is 25.0. The molecule has 0 saturated heterocycles. The molecule has 0 saturated carbocycles. The molecule has 1 aliphatic rings. The van der Waals surface area contributed by atoms with Crippen molar-refractivity contribution in [2.45, 2.75) is 39.7 Å². The minimum atomic E-state index is 0.733. The second-order valence-corrected chi connectivity index (χ2v) is 11.3. The molecule has 0 amide bonds. The van der Waals surface area contributed by atoms with Crippen LogP contribution in [0.4, 0.5) is 5.69 Å². The van der Waals surface area contributed by atoms with Crippen molar-refractivity contribution in [3.63, 3.8) is 0 Å². The molecule has 192 valence electrons. The molecule has 1 N–H and O–H groups in total. The number of thiocarbonyl (C=S) groups is 1. The molecule has 38 heavy (non-hydrogen) atoms. The van der Waals surface area contributed by atoms with Gasteiger partial charge in [0.25, 0.3) is 0 Å². The number of methoxy groups -OCH3 is 1. The van der Waals surface area contributed by atoms with E-state index in [-0.39, 0.29) is 0 Å². The third kappa shape index (κ3) is 4.26. The Morgan fingerprint density at radius 1 is 0.947 bits per heavy atom. The fourth-order valence-corrected chi connectivity index (χ4v) is 6.17. The quantitative estimate of drug-likeness (QED) is 0.210. The summed E-state index contributed by atoms with van der Waals surface area (Å²) in [5.74, 6) is 0.862. The fraction of sp³-hybridized carbons (Fsp3) is 0.219. The van der Waals surface area contributed by atoms with Crippen molar-refractivity contribution in [1.29, 1.82) is 0 Å². The third-order valence-electron chi connectivity index (χ3n) is 7.72. The lowest BCUT2D eigenvalue weighted by molar-refractivity contribution is 0.415. The molecule has 3 heterocycles. The van der Waals surface area contributed by atoms with Crippen LogP contribution in [0.1, 0.15) is 35.2 Å². The second-order valence-electron chi connectivity index (χ2n) is 9.96. The van der Waals surface area contributed by atoms with Crippen LogP contribution in [-0.2, 0) is 13.0 Å². The predicted octanol–water partition coefficient (Wildman–Crippen LogP) is 8.59. The molecular weight excluding hydrogens is 554 g/mol. The van der Waals surface area contributed by atoms with Crippen molar-refractivity contribution >= 4 is 44.5 Å². The second kappa shape index (κ2) is 10.1. The molecule has 4 nitrogen and oxygen atoms in total. The van der Waals surface area contributed by atoms with Crippen molar-refractivity contribution in [2.75, 3.05) is 12.4 Å². The first-order chi connectivity index (χ1) is 18.5. The highest BCUT2D eigenvalue weighted by Crippen LogP contribution is 2.40. The molecule has 6 rings (SSSR count). The van der Waals surface area contributed by atoms with Crippen LogP contribution in [0.3, 0.4) is 0 Å². The van der Waals surface area contributed by atoms with Gasteiger partial charge in [0, 0.05) is 34.0 Å². The van der Waals surface area contributed by atoms with E-state index in [4.69, 9.17) is 17.0 Å². The van der Waals surface area contributed by atoms with Gasteiger partial charge in [-0.2, -0.15) is 0 Å². The number of hydrogen-bond donors (Lipinski definition) is 1. The molecule has 0 radical (unpaired) electrons. The molecule has 6 heteroatoms. The maximum atomic E-state index is 6.20. The van der Waals surface area contributed by atoms with Gasteiger partial charge in [-0.05, 0) is 97.8 Å².